The minimum atomic E-state index is -0.522. The number of amides is 1. The minimum Gasteiger partial charge on any atom is -0.329 e. The van der Waals surface area contributed by atoms with Crippen LogP contribution in [0.15, 0.2) is 18.2 Å². The Bertz CT molecular complexity index is 414. The van der Waals surface area contributed by atoms with Gasteiger partial charge in [-0.1, -0.05) is 18.5 Å². The molecule has 1 rings (SSSR count). The van der Waals surface area contributed by atoms with Crippen molar-refractivity contribution >= 4 is 23.2 Å². The summed E-state index contributed by atoms with van der Waals surface area (Å²) in [5.41, 5.74) is 6.86. The fraction of sp³-hybridized carbons (Fsp3) is 0.462. The number of aryl methyl sites for hydroxylation is 1. The maximum Gasteiger partial charge on any atom is 0.231 e. The third-order valence-corrected chi connectivity index (χ3v) is 3.45. The van der Waals surface area contributed by atoms with Crippen molar-refractivity contribution in [2.45, 2.75) is 27.2 Å². The van der Waals surface area contributed by atoms with E-state index >= 15 is 0 Å². The van der Waals surface area contributed by atoms with Crippen molar-refractivity contribution in [2.75, 3.05) is 11.9 Å². The molecule has 1 aromatic rings. The summed E-state index contributed by atoms with van der Waals surface area (Å²) in [4.78, 5) is 12.1. The number of halogens is 1. The van der Waals surface area contributed by atoms with Gasteiger partial charge in [-0.05, 0) is 44.0 Å². The fourth-order valence-corrected chi connectivity index (χ4v) is 1.66. The summed E-state index contributed by atoms with van der Waals surface area (Å²) in [6.45, 7) is 6.07. The van der Waals surface area contributed by atoms with Gasteiger partial charge in [0.15, 0.2) is 0 Å². The highest BCUT2D eigenvalue weighted by atomic mass is 35.5. The number of hydrogen-bond acceptors (Lipinski definition) is 2. The maximum absolute atomic E-state index is 12.1. The van der Waals surface area contributed by atoms with Gasteiger partial charge in [-0.2, -0.15) is 0 Å². The molecule has 0 saturated heterocycles. The second-order valence-corrected chi connectivity index (χ2v) is 4.97. The predicted molar refractivity (Wildman–Crippen MR) is 72.3 cm³/mol. The van der Waals surface area contributed by atoms with Crippen LogP contribution in [0.3, 0.4) is 0 Å². The normalized spacial score (nSPS) is 14.2. The molecule has 94 valence electrons. The van der Waals surface area contributed by atoms with Crippen molar-refractivity contribution in [1.82, 2.24) is 0 Å². The Labute approximate surface area is 107 Å². The fourth-order valence-electron chi connectivity index (χ4n) is 1.44. The van der Waals surface area contributed by atoms with Crippen LogP contribution in [-0.2, 0) is 4.79 Å². The van der Waals surface area contributed by atoms with E-state index in [-0.39, 0.29) is 5.91 Å². The molecule has 3 N–H and O–H groups in total. The van der Waals surface area contributed by atoms with Gasteiger partial charge in [0.05, 0.1) is 5.41 Å². The third kappa shape index (κ3) is 3.20. The zero-order chi connectivity index (χ0) is 13.1. The molecule has 0 aliphatic carbocycles. The molecule has 0 aliphatic rings. The lowest BCUT2D eigenvalue weighted by molar-refractivity contribution is -0.124. The van der Waals surface area contributed by atoms with Gasteiger partial charge in [0, 0.05) is 17.3 Å². The lowest BCUT2D eigenvalue weighted by Gasteiger charge is -2.25. The standard InChI is InChI=1S/C13H19ClN2O/c1-4-13(3,8-15)12(17)16-11-6-5-10(14)7-9(11)2/h5-7H,4,8,15H2,1-3H3,(H,16,17). The first-order chi connectivity index (χ1) is 7.92. The summed E-state index contributed by atoms with van der Waals surface area (Å²) in [7, 11) is 0. The number of anilines is 1. The molecule has 0 fully saturated rings. The molecule has 17 heavy (non-hydrogen) atoms. The molecule has 4 heteroatoms. The van der Waals surface area contributed by atoms with Gasteiger partial charge in [0.25, 0.3) is 0 Å². The Morgan fingerprint density at radius 3 is 2.65 bits per heavy atom. The minimum absolute atomic E-state index is 0.0482. The zero-order valence-electron chi connectivity index (χ0n) is 10.5. The van der Waals surface area contributed by atoms with Crippen LogP contribution in [-0.4, -0.2) is 12.5 Å². The van der Waals surface area contributed by atoms with Crippen molar-refractivity contribution < 1.29 is 4.79 Å². The molecule has 1 atom stereocenters. The van der Waals surface area contributed by atoms with E-state index in [9.17, 15) is 4.79 Å². The summed E-state index contributed by atoms with van der Waals surface area (Å²) < 4.78 is 0. The number of rotatable bonds is 4. The monoisotopic (exact) mass is 254 g/mol. The van der Waals surface area contributed by atoms with Crippen LogP contribution in [0, 0.1) is 12.3 Å². The zero-order valence-corrected chi connectivity index (χ0v) is 11.3. The van der Waals surface area contributed by atoms with Crippen LogP contribution in [0.25, 0.3) is 0 Å². The van der Waals surface area contributed by atoms with E-state index in [1.54, 1.807) is 6.07 Å². The van der Waals surface area contributed by atoms with Crippen molar-refractivity contribution in [2.24, 2.45) is 11.1 Å². The quantitative estimate of drug-likeness (QED) is 0.868. The number of nitrogens with two attached hydrogens (primary N) is 1. The first-order valence-electron chi connectivity index (χ1n) is 5.70. The Hall–Kier alpha value is -1.06. The Morgan fingerprint density at radius 2 is 2.18 bits per heavy atom. The lowest BCUT2D eigenvalue weighted by atomic mass is 9.86. The predicted octanol–water partition coefficient (Wildman–Crippen LogP) is 2.96. The highest BCUT2D eigenvalue weighted by Crippen LogP contribution is 2.24. The number of carbonyl (C=O) groups is 1. The van der Waals surface area contributed by atoms with Crippen LogP contribution < -0.4 is 11.1 Å². The van der Waals surface area contributed by atoms with Crippen LogP contribution in [0.4, 0.5) is 5.69 Å². The molecule has 0 radical (unpaired) electrons. The number of nitrogens with one attached hydrogen (secondary N) is 1. The molecular formula is C13H19ClN2O. The molecule has 3 nitrogen and oxygen atoms in total. The van der Waals surface area contributed by atoms with Gasteiger partial charge in [-0.15, -0.1) is 0 Å². The van der Waals surface area contributed by atoms with Gasteiger partial charge in [-0.3, -0.25) is 4.79 Å². The van der Waals surface area contributed by atoms with Crippen molar-refractivity contribution in [3.63, 3.8) is 0 Å². The Kier molecular flexibility index (Phi) is 4.54. The first kappa shape index (κ1) is 14.0. The maximum atomic E-state index is 12.1. The highest BCUT2D eigenvalue weighted by molar-refractivity contribution is 6.30. The number of benzene rings is 1. The molecule has 0 bridgehead atoms. The molecule has 1 unspecified atom stereocenters. The molecule has 0 spiro atoms. The topological polar surface area (TPSA) is 55.1 Å². The summed E-state index contributed by atoms with van der Waals surface area (Å²) >= 11 is 5.87. The number of carbonyl (C=O) groups excluding carboxylic acids is 1. The van der Waals surface area contributed by atoms with E-state index in [0.29, 0.717) is 18.0 Å². The second kappa shape index (κ2) is 5.52. The Balaban J connectivity index is 2.88. The van der Waals surface area contributed by atoms with Gasteiger partial charge < -0.3 is 11.1 Å². The van der Waals surface area contributed by atoms with E-state index in [4.69, 9.17) is 17.3 Å². The summed E-state index contributed by atoms with van der Waals surface area (Å²) in [6, 6.07) is 5.39. The Morgan fingerprint density at radius 1 is 1.53 bits per heavy atom. The van der Waals surface area contributed by atoms with Crippen LogP contribution in [0.1, 0.15) is 25.8 Å². The largest absolute Gasteiger partial charge is 0.329 e. The summed E-state index contributed by atoms with van der Waals surface area (Å²) in [5, 5.41) is 3.57. The SMILES string of the molecule is CCC(C)(CN)C(=O)Nc1ccc(Cl)cc1C. The number of hydrogen-bond donors (Lipinski definition) is 2. The summed E-state index contributed by atoms with van der Waals surface area (Å²) in [6.07, 6.45) is 0.710. The highest BCUT2D eigenvalue weighted by Gasteiger charge is 2.29. The van der Waals surface area contributed by atoms with E-state index in [0.717, 1.165) is 11.3 Å². The molecule has 0 heterocycles. The van der Waals surface area contributed by atoms with E-state index in [1.807, 2.05) is 32.9 Å². The average molecular weight is 255 g/mol. The van der Waals surface area contributed by atoms with Crippen LogP contribution in [0.5, 0.6) is 0 Å². The van der Waals surface area contributed by atoms with E-state index in [1.165, 1.54) is 0 Å². The summed E-state index contributed by atoms with van der Waals surface area (Å²) in [5.74, 6) is -0.0482. The average Bonchev–Trinajstić information content (AvgIpc) is 2.31. The lowest BCUT2D eigenvalue weighted by Crippen LogP contribution is -2.39. The molecule has 0 aromatic heterocycles. The third-order valence-electron chi connectivity index (χ3n) is 3.22. The molecular weight excluding hydrogens is 236 g/mol. The van der Waals surface area contributed by atoms with E-state index < -0.39 is 5.41 Å². The smallest absolute Gasteiger partial charge is 0.231 e. The molecule has 1 amide bonds. The molecule has 1 aromatic carbocycles. The van der Waals surface area contributed by atoms with Crippen molar-refractivity contribution in [3.05, 3.63) is 28.8 Å². The van der Waals surface area contributed by atoms with Gasteiger partial charge in [0.2, 0.25) is 5.91 Å². The van der Waals surface area contributed by atoms with Gasteiger partial charge in [0.1, 0.15) is 0 Å². The van der Waals surface area contributed by atoms with Gasteiger partial charge in [-0.25, -0.2) is 0 Å². The van der Waals surface area contributed by atoms with E-state index in [2.05, 4.69) is 5.32 Å². The van der Waals surface area contributed by atoms with Crippen LogP contribution in [0.2, 0.25) is 5.02 Å². The first-order valence-corrected chi connectivity index (χ1v) is 6.08. The second-order valence-electron chi connectivity index (χ2n) is 4.53. The molecule has 0 saturated carbocycles. The van der Waals surface area contributed by atoms with Crippen LogP contribution >= 0.6 is 11.6 Å². The van der Waals surface area contributed by atoms with Gasteiger partial charge >= 0.3 is 0 Å². The van der Waals surface area contributed by atoms with Crippen molar-refractivity contribution in [1.29, 1.82) is 0 Å². The molecule has 0 aliphatic heterocycles. The van der Waals surface area contributed by atoms with Crippen molar-refractivity contribution in [3.8, 4) is 0 Å².